The molecule has 0 N–H and O–H groups in total. The Bertz CT molecular complexity index is 1580. The molecule has 1 heterocycles. The van der Waals surface area contributed by atoms with Gasteiger partial charge in [-0.15, -0.1) is 0 Å². The van der Waals surface area contributed by atoms with Crippen molar-refractivity contribution in [2.24, 2.45) is 10.9 Å². The lowest BCUT2D eigenvalue weighted by Crippen LogP contribution is -2.44. The molecule has 1 aliphatic carbocycles. The summed E-state index contributed by atoms with van der Waals surface area (Å²) in [5.74, 6) is 1.19. The van der Waals surface area contributed by atoms with Crippen LogP contribution in [0.15, 0.2) is 101 Å². The molecular weight excluding hydrogens is 536 g/mol. The Hall–Kier alpha value is -3.54. The Morgan fingerprint density at radius 1 is 0.950 bits per heavy atom. The summed E-state index contributed by atoms with van der Waals surface area (Å²) in [6.45, 7) is 2.66. The van der Waals surface area contributed by atoms with Crippen molar-refractivity contribution in [3.8, 4) is 5.75 Å². The minimum atomic E-state index is 0.0232. The molecule has 4 nitrogen and oxygen atoms in total. The second-order valence-corrected chi connectivity index (χ2v) is 11.9. The van der Waals surface area contributed by atoms with E-state index in [1.54, 1.807) is 0 Å². The fourth-order valence-electron chi connectivity index (χ4n) is 5.57. The predicted octanol–water partition coefficient (Wildman–Crippen LogP) is 9.25. The molecule has 1 aliphatic heterocycles. The van der Waals surface area contributed by atoms with Crippen LogP contribution in [0.2, 0.25) is 5.02 Å². The van der Waals surface area contributed by atoms with Gasteiger partial charge in [-0.25, -0.2) is 4.99 Å². The first-order valence-corrected chi connectivity index (χ1v) is 15.0. The van der Waals surface area contributed by atoms with Crippen LogP contribution in [0.25, 0.3) is 16.8 Å². The van der Waals surface area contributed by atoms with E-state index in [1.807, 2.05) is 83.8 Å². The van der Waals surface area contributed by atoms with Gasteiger partial charge in [0.25, 0.3) is 5.91 Å². The van der Waals surface area contributed by atoms with E-state index >= 15 is 0 Å². The number of fused-ring (bicyclic) bond motifs is 1. The fourth-order valence-corrected chi connectivity index (χ4v) is 6.73. The van der Waals surface area contributed by atoms with Crippen LogP contribution in [0.1, 0.15) is 43.7 Å². The van der Waals surface area contributed by atoms with Crippen molar-refractivity contribution in [2.45, 2.75) is 45.3 Å². The van der Waals surface area contributed by atoms with E-state index in [0.29, 0.717) is 22.5 Å². The molecule has 0 unspecified atom stereocenters. The molecule has 40 heavy (non-hydrogen) atoms. The topological polar surface area (TPSA) is 41.9 Å². The Kier molecular flexibility index (Phi) is 7.94. The number of rotatable bonds is 6. The molecule has 6 rings (SSSR count). The van der Waals surface area contributed by atoms with Gasteiger partial charge < -0.3 is 4.74 Å². The number of nitrogens with zero attached hydrogens (tertiary/aromatic N) is 2. The fraction of sp³-hybridized carbons (Fsp3) is 0.235. The largest absolute Gasteiger partial charge is 0.488 e. The Labute approximate surface area is 244 Å². The van der Waals surface area contributed by atoms with Crippen LogP contribution in [0, 0.1) is 5.92 Å². The summed E-state index contributed by atoms with van der Waals surface area (Å²) in [7, 11) is 0. The van der Waals surface area contributed by atoms with E-state index in [-0.39, 0.29) is 11.9 Å². The highest BCUT2D eigenvalue weighted by Gasteiger charge is 2.41. The van der Waals surface area contributed by atoms with Crippen molar-refractivity contribution in [3.63, 3.8) is 0 Å². The van der Waals surface area contributed by atoms with Crippen molar-refractivity contribution in [1.29, 1.82) is 0 Å². The summed E-state index contributed by atoms with van der Waals surface area (Å²) in [4.78, 5) is 21.7. The van der Waals surface area contributed by atoms with Crippen molar-refractivity contribution in [2.75, 3.05) is 0 Å². The zero-order valence-corrected chi connectivity index (χ0v) is 24.0. The summed E-state index contributed by atoms with van der Waals surface area (Å²) in [5.41, 5.74) is 2.78. The number of amidine groups is 1. The van der Waals surface area contributed by atoms with E-state index in [0.717, 1.165) is 57.8 Å². The van der Waals surface area contributed by atoms with E-state index in [9.17, 15) is 4.79 Å². The minimum Gasteiger partial charge on any atom is -0.488 e. The highest BCUT2D eigenvalue weighted by Crippen LogP contribution is 2.42. The molecule has 0 bridgehead atoms. The third kappa shape index (κ3) is 5.67. The maximum atomic E-state index is 14.1. The van der Waals surface area contributed by atoms with Gasteiger partial charge in [-0.2, -0.15) is 0 Å². The van der Waals surface area contributed by atoms with E-state index < -0.39 is 0 Å². The number of benzene rings is 4. The van der Waals surface area contributed by atoms with Gasteiger partial charge in [0.1, 0.15) is 12.4 Å². The lowest BCUT2D eigenvalue weighted by Gasteiger charge is -2.35. The molecule has 2 aliphatic rings. The first kappa shape index (κ1) is 26.7. The molecule has 0 aromatic heterocycles. The summed E-state index contributed by atoms with van der Waals surface area (Å²) in [6, 6.07) is 30.0. The third-order valence-electron chi connectivity index (χ3n) is 7.73. The number of hydrogen-bond donors (Lipinski definition) is 0. The number of halogens is 1. The smallest absolute Gasteiger partial charge is 0.267 e. The quantitative estimate of drug-likeness (QED) is 0.218. The third-order valence-corrected chi connectivity index (χ3v) is 8.96. The summed E-state index contributed by atoms with van der Waals surface area (Å²) < 4.78 is 6.35. The maximum Gasteiger partial charge on any atom is 0.267 e. The number of para-hydroxylation sites is 1. The lowest BCUT2D eigenvalue weighted by molar-refractivity contribution is -0.124. The van der Waals surface area contributed by atoms with Gasteiger partial charge in [-0.1, -0.05) is 92.0 Å². The van der Waals surface area contributed by atoms with Crippen LogP contribution >= 0.6 is 23.4 Å². The minimum absolute atomic E-state index is 0.0232. The molecule has 1 saturated heterocycles. The highest BCUT2D eigenvalue weighted by atomic mass is 35.5. The van der Waals surface area contributed by atoms with Crippen LogP contribution in [0.3, 0.4) is 0 Å². The molecule has 202 valence electrons. The maximum absolute atomic E-state index is 14.1. The van der Waals surface area contributed by atoms with Gasteiger partial charge in [0.05, 0.1) is 10.6 Å². The molecule has 0 spiro atoms. The second-order valence-electron chi connectivity index (χ2n) is 10.5. The van der Waals surface area contributed by atoms with E-state index in [4.69, 9.17) is 21.3 Å². The lowest BCUT2D eigenvalue weighted by atomic mass is 9.85. The number of amides is 1. The number of carbonyl (C=O) groups is 1. The zero-order valence-electron chi connectivity index (χ0n) is 22.4. The molecule has 0 radical (unpaired) electrons. The summed E-state index contributed by atoms with van der Waals surface area (Å²) in [5, 5.41) is 3.59. The van der Waals surface area contributed by atoms with Gasteiger partial charge in [0.15, 0.2) is 5.17 Å². The van der Waals surface area contributed by atoms with Crippen LogP contribution in [0.4, 0.5) is 5.69 Å². The normalized spacial score (nSPS) is 21.4. The average molecular weight is 567 g/mol. The van der Waals surface area contributed by atoms with Gasteiger partial charge in [0, 0.05) is 16.6 Å². The van der Waals surface area contributed by atoms with E-state index in [2.05, 4.69) is 25.1 Å². The van der Waals surface area contributed by atoms with Crippen molar-refractivity contribution >= 4 is 57.0 Å². The van der Waals surface area contributed by atoms with Crippen LogP contribution < -0.4 is 4.74 Å². The molecule has 4 aromatic rings. The summed E-state index contributed by atoms with van der Waals surface area (Å²) in [6.07, 6.45) is 6.47. The number of ether oxygens (including phenoxy) is 1. The molecule has 1 saturated carbocycles. The van der Waals surface area contributed by atoms with Gasteiger partial charge in [0.2, 0.25) is 0 Å². The second kappa shape index (κ2) is 11.9. The average Bonchev–Trinajstić information content (AvgIpc) is 3.28. The molecule has 1 amide bonds. The van der Waals surface area contributed by atoms with Crippen molar-refractivity contribution in [3.05, 3.63) is 112 Å². The van der Waals surface area contributed by atoms with Crippen molar-refractivity contribution in [1.82, 2.24) is 4.90 Å². The number of thioether (sulfide) groups is 1. The molecule has 2 atom stereocenters. The van der Waals surface area contributed by atoms with Crippen LogP contribution in [-0.4, -0.2) is 22.0 Å². The van der Waals surface area contributed by atoms with Gasteiger partial charge in [-0.05, 0) is 83.3 Å². The number of aliphatic imine (C=N–C) groups is 1. The van der Waals surface area contributed by atoms with E-state index in [1.165, 1.54) is 18.2 Å². The monoisotopic (exact) mass is 566 g/mol. The highest BCUT2D eigenvalue weighted by molar-refractivity contribution is 8.18. The Morgan fingerprint density at radius 3 is 2.50 bits per heavy atom. The Morgan fingerprint density at radius 2 is 1.70 bits per heavy atom. The number of carbonyl (C=O) groups excluding carboxylic acids is 1. The van der Waals surface area contributed by atoms with Crippen molar-refractivity contribution < 1.29 is 9.53 Å². The van der Waals surface area contributed by atoms with Crippen LogP contribution in [0.5, 0.6) is 5.75 Å². The predicted molar refractivity (Wildman–Crippen MR) is 167 cm³/mol. The number of hydrogen-bond acceptors (Lipinski definition) is 4. The molecular formula is C34H31ClN2O2S. The standard InChI is InChI=1S/C34H31ClN2O2S/c1-23-9-5-8-14-30(23)37-33(38)32(40-34(37)36-27-11-3-2-4-12-27)21-29-28-13-7-6-10-25(28)17-20-31(29)39-22-24-15-18-26(35)19-16-24/h2-4,6-7,10-13,15-21,23,30H,5,8-9,14,22H2,1H3/b32-21-,36-34?/t23-,30-/m0/s1. The summed E-state index contributed by atoms with van der Waals surface area (Å²) >= 11 is 7.53. The first-order valence-electron chi connectivity index (χ1n) is 13.8. The molecule has 6 heteroatoms. The first-order chi connectivity index (χ1) is 19.6. The molecule has 4 aromatic carbocycles. The zero-order chi connectivity index (χ0) is 27.5. The molecule has 2 fully saturated rings. The van der Waals surface area contributed by atoms with Gasteiger partial charge in [-0.3, -0.25) is 9.69 Å². The van der Waals surface area contributed by atoms with Crippen LogP contribution in [-0.2, 0) is 11.4 Å². The SMILES string of the molecule is C[C@H]1CCCC[C@@H]1N1C(=O)/C(=C/c2c(OCc3ccc(Cl)cc3)ccc3ccccc23)SC1=Nc1ccccc1. The Balaban J connectivity index is 1.40. The van der Waals surface area contributed by atoms with Gasteiger partial charge >= 0.3 is 0 Å².